The molecule has 1 saturated heterocycles. The standard InChI is InChI=1S/C26H35N3O4/c1-4-19(2)29-17-22(25(31)27-14-13-20-9-11-21(33-3)12-10-20)24(30)23(18-29)26(32)28-15-7-5-6-8-16-28/h9-12,17-19H,4-8,13-16H2,1-3H3,(H,27,31)/t19-/m1/s1. The Balaban J connectivity index is 1.80. The Morgan fingerprint density at radius 2 is 1.67 bits per heavy atom. The number of amides is 2. The fourth-order valence-electron chi connectivity index (χ4n) is 4.03. The lowest BCUT2D eigenvalue weighted by Crippen LogP contribution is -2.38. The van der Waals surface area contributed by atoms with E-state index in [-0.39, 0.29) is 23.1 Å². The van der Waals surface area contributed by atoms with Crippen LogP contribution in [-0.2, 0) is 6.42 Å². The van der Waals surface area contributed by atoms with Gasteiger partial charge < -0.3 is 19.5 Å². The molecule has 0 unspecified atom stereocenters. The van der Waals surface area contributed by atoms with Crippen LogP contribution in [0.2, 0.25) is 0 Å². The van der Waals surface area contributed by atoms with Crippen LogP contribution in [0.5, 0.6) is 5.75 Å². The van der Waals surface area contributed by atoms with Gasteiger partial charge in [-0.1, -0.05) is 31.9 Å². The van der Waals surface area contributed by atoms with Crippen LogP contribution in [-0.4, -0.2) is 48.0 Å². The maximum absolute atomic E-state index is 13.2. The fraction of sp³-hybridized carbons (Fsp3) is 0.500. The molecule has 1 fully saturated rings. The number of ether oxygens (including phenoxy) is 1. The Morgan fingerprint density at radius 1 is 1.03 bits per heavy atom. The number of aromatic nitrogens is 1. The van der Waals surface area contributed by atoms with Crippen LogP contribution in [0.1, 0.15) is 78.3 Å². The van der Waals surface area contributed by atoms with Crippen molar-refractivity contribution in [3.63, 3.8) is 0 Å². The van der Waals surface area contributed by atoms with Crippen LogP contribution in [0, 0.1) is 0 Å². The van der Waals surface area contributed by atoms with Gasteiger partial charge in [-0.2, -0.15) is 0 Å². The minimum Gasteiger partial charge on any atom is -0.497 e. The number of nitrogens with one attached hydrogen (secondary N) is 1. The van der Waals surface area contributed by atoms with Crippen LogP contribution >= 0.6 is 0 Å². The van der Waals surface area contributed by atoms with Crippen molar-refractivity contribution in [1.29, 1.82) is 0 Å². The number of nitrogens with zero attached hydrogens (tertiary/aromatic N) is 2. The molecule has 1 aromatic carbocycles. The average molecular weight is 454 g/mol. The molecule has 7 nitrogen and oxygen atoms in total. The van der Waals surface area contributed by atoms with Crippen LogP contribution in [0.15, 0.2) is 41.5 Å². The van der Waals surface area contributed by atoms with Crippen molar-refractivity contribution in [2.24, 2.45) is 0 Å². The Hall–Kier alpha value is -3.09. The Labute approximate surface area is 195 Å². The molecule has 2 aromatic rings. The van der Waals surface area contributed by atoms with Gasteiger partial charge in [0, 0.05) is 38.1 Å². The first kappa shape index (κ1) is 24.6. The molecule has 1 aromatic heterocycles. The van der Waals surface area contributed by atoms with Gasteiger partial charge in [-0.15, -0.1) is 0 Å². The molecule has 2 heterocycles. The predicted molar refractivity (Wildman–Crippen MR) is 129 cm³/mol. The summed E-state index contributed by atoms with van der Waals surface area (Å²) in [6.45, 7) is 5.74. The summed E-state index contributed by atoms with van der Waals surface area (Å²) in [7, 11) is 1.62. The monoisotopic (exact) mass is 453 g/mol. The van der Waals surface area contributed by atoms with Crippen molar-refractivity contribution in [1.82, 2.24) is 14.8 Å². The molecule has 33 heavy (non-hydrogen) atoms. The number of likely N-dealkylation sites (tertiary alicyclic amines) is 1. The molecule has 1 aliphatic heterocycles. The summed E-state index contributed by atoms with van der Waals surface area (Å²) in [5.41, 5.74) is 0.662. The number of hydrogen-bond donors (Lipinski definition) is 1. The summed E-state index contributed by atoms with van der Waals surface area (Å²) >= 11 is 0. The Bertz CT molecular complexity index is 1010. The third-order valence-electron chi connectivity index (χ3n) is 6.37. The van der Waals surface area contributed by atoms with E-state index in [1.54, 1.807) is 24.4 Å². The smallest absolute Gasteiger partial charge is 0.259 e. The lowest BCUT2D eigenvalue weighted by atomic mass is 10.1. The summed E-state index contributed by atoms with van der Waals surface area (Å²) in [5.74, 6) is 0.0576. The quantitative estimate of drug-likeness (QED) is 0.659. The van der Waals surface area contributed by atoms with Crippen LogP contribution in [0.3, 0.4) is 0 Å². The number of carbonyl (C=O) groups is 2. The van der Waals surface area contributed by atoms with Gasteiger partial charge >= 0.3 is 0 Å². The molecule has 0 saturated carbocycles. The van der Waals surface area contributed by atoms with Crippen LogP contribution in [0.25, 0.3) is 0 Å². The normalized spacial score (nSPS) is 14.9. The van der Waals surface area contributed by atoms with Crippen LogP contribution < -0.4 is 15.5 Å². The Kier molecular flexibility index (Phi) is 8.69. The summed E-state index contributed by atoms with van der Waals surface area (Å²) in [5, 5.41) is 2.85. The predicted octanol–water partition coefficient (Wildman–Crippen LogP) is 3.82. The highest BCUT2D eigenvalue weighted by Crippen LogP contribution is 2.16. The molecular weight excluding hydrogens is 418 g/mol. The summed E-state index contributed by atoms with van der Waals surface area (Å²) < 4.78 is 6.99. The molecule has 178 valence electrons. The number of pyridine rings is 1. The zero-order valence-electron chi connectivity index (χ0n) is 19.9. The molecular formula is C26H35N3O4. The van der Waals surface area contributed by atoms with Gasteiger partial charge in [-0.3, -0.25) is 14.4 Å². The van der Waals surface area contributed by atoms with Gasteiger partial charge in [0.1, 0.15) is 16.9 Å². The van der Waals surface area contributed by atoms with E-state index in [1.165, 1.54) is 0 Å². The fourth-order valence-corrected chi connectivity index (χ4v) is 4.03. The lowest BCUT2D eigenvalue weighted by molar-refractivity contribution is 0.0759. The van der Waals surface area contributed by atoms with Gasteiger partial charge in [-0.25, -0.2) is 0 Å². The van der Waals surface area contributed by atoms with Crippen molar-refractivity contribution < 1.29 is 14.3 Å². The number of methoxy groups -OCH3 is 1. The SMILES string of the molecule is CC[C@@H](C)n1cc(C(=O)NCCc2ccc(OC)cc2)c(=O)c(C(=O)N2CCCCCC2)c1. The number of hydrogen-bond acceptors (Lipinski definition) is 4. The molecule has 1 aliphatic rings. The second-order valence-corrected chi connectivity index (χ2v) is 8.68. The molecule has 0 spiro atoms. The third-order valence-corrected chi connectivity index (χ3v) is 6.37. The second kappa shape index (κ2) is 11.7. The second-order valence-electron chi connectivity index (χ2n) is 8.68. The zero-order valence-corrected chi connectivity index (χ0v) is 19.9. The summed E-state index contributed by atoms with van der Waals surface area (Å²) in [6, 6.07) is 7.70. The highest BCUT2D eigenvalue weighted by molar-refractivity contribution is 5.99. The highest BCUT2D eigenvalue weighted by atomic mass is 16.5. The van der Waals surface area contributed by atoms with E-state index in [4.69, 9.17) is 4.74 Å². The molecule has 0 aliphatic carbocycles. The summed E-state index contributed by atoms with van der Waals surface area (Å²) in [4.78, 5) is 41.2. The van der Waals surface area contributed by atoms with Gasteiger partial charge in [0.25, 0.3) is 11.8 Å². The maximum atomic E-state index is 13.2. The first-order valence-electron chi connectivity index (χ1n) is 11.9. The number of rotatable bonds is 8. The van der Waals surface area contributed by atoms with E-state index < -0.39 is 11.3 Å². The minimum atomic E-state index is -0.495. The maximum Gasteiger partial charge on any atom is 0.259 e. The largest absolute Gasteiger partial charge is 0.497 e. The molecule has 2 amide bonds. The minimum absolute atomic E-state index is 0.0192. The van der Waals surface area contributed by atoms with Gasteiger partial charge in [0.05, 0.1) is 7.11 Å². The average Bonchev–Trinajstić information content (AvgIpc) is 3.13. The Morgan fingerprint density at radius 3 is 2.27 bits per heavy atom. The van der Waals surface area contributed by atoms with Gasteiger partial charge in [0.2, 0.25) is 5.43 Å². The first-order valence-corrected chi connectivity index (χ1v) is 11.9. The van der Waals surface area contributed by atoms with E-state index in [9.17, 15) is 14.4 Å². The van der Waals surface area contributed by atoms with Crippen molar-refractivity contribution in [3.05, 3.63) is 63.6 Å². The van der Waals surface area contributed by atoms with Crippen LogP contribution in [0.4, 0.5) is 0 Å². The molecule has 0 radical (unpaired) electrons. The van der Waals surface area contributed by atoms with Crippen molar-refractivity contribution >= 4 is 11.8 Å². The number of carbonyl (C=O) groups excluding carboxylic acids is 2. The van der Waals surface area contributed by atoms with Crippen molar-refractivity contribution in [2.45, 2.75) is 58.4 Å². The van der Waals surface area contributed by atoms with E-state index in [0.717, 1.165) is 43.4 Å². The molecule has 0 bridgehead atoms. The first-order chi connectivity index (χ1) is 15.9. The van der Waals surface area contributed by atoms with E-state index >= 15 is 0 Å². The summed E-state index contributed by atoms with van der Waals surface area (Å²) in [6.07, 6.45) is 8.72. The van der Waals surface area contributed by atoms with Crippen molar-refractivity contribution in [2.75, 3.05) is 26.7 Å². The van der Waals surface area contributed by atoms with E-state index in [2.05, 4.69) is 5.32 Å². The third kappa shape index (κ3) is 6.24. The molecule has 7 heteroatoms. The molecule has 1 atom stereocenters. The molecule has 1 N–H and O–H groups in total. The topological polar surface area (TPSA) is 80.6 Å². The van der Waals surface area contributed by atoms with Crippen molar-refractivity contribution in [3.8, 4) is 5.75 Å². The van der Waals surface area contributed by atoms with E-state index in [0.29, 0.717) is 26.1 Å². The molecule has 3 rings (SSSR count). The number of benzene rings is 1. The lowest BCUT2D eigenvalue weighted by Gasteiger charge is -2.22. The van der Waals surface area contributed by atoms with E-state index in [1.807, 2.05) is 42.7 Å². The highest BCUT2D eigenvalue weighted by Gasteiger charge is 2.24. The zero-order chi connectivity index (χ0) is 23.8. The van der Waals surface area contributed by atoms with Gasteiger partial charge in [-0.05, 0) is 50.3 Å². The van der Waals surface area contributed by atoms with Gasteiger partial charge in [0.15, 0.2) is 0 Å².